The molecule has 0 bridgehead atoms. The largest absolute Gasteiger partial charge is 0.390 e. The summed E-state index contributed by atoms with van der Waals surface area (Å²) in [5.41, 5.74) is 0.310. The summed E-state index contributed by atoms with van der Waals surface area (Å²) in [5.74, 6) is 0.183. The first-order valence-corrected chi connectivity index (χ1v) is 16.9. The van der Waals surface area contributed by atoms with Crippen molar-refractivity contribution in [2.75, 3.05) is 59.5 Å². The molecule has 0 spiro atoms. The van der Waals surface area contributed by atoms with Crippen LogP contribution in [0, 0.1) is 11.3 Å². The van der Waals surface area contributed by atoms with Gasteiger partial charge < -0.3 is 43.0 Å². The summed E-state index contributed by atoms with van der Waals surface area (Å²) in [6, 6.07) is 0. The third kappa shape index (κ3) is 20.4. The van der Waals surface area contributed by atoms with E-state index in [1.54, 1.807) is 0 Å². The molecule has 9 heteroatoms. The lowest BCUT2D eigenvalue weighted by molar-refractivity contribution is -0.155. The third-order valence-corrected chi connectivity index (χ3v) is 7.27. The van der Waals surface area contributed by atoms with Crippen molar-refractivity contribution in [3.05, 3.63) is 0 Å². The lowest BCUT2D eigenvalue weighted by atomic mass is 9.90. The highest BCUT2D eigenvalue weighted by atomic mass is 16.6. The molecule has 4 saturated heterocycles. The summed E-state index contributed by atoms with van der Waals surface area (Å²) < 4.78 is 43.1. The fourth-order valence-electron chi connectivity index (χ4n) is 4.62. The van der Waals surface area contributed by atoms with Crippen LogP contribution in [0.5, 0.6) is 0 Å². The minimum atomic E-state index is -0.374. The van der Waals surface area contributed by atoms with Crippen molar-refractivity contribution in [2.24, 2.45) is 11.3 Å². The molecule has 258 valence electrons. The van der Waals surface area contributed by atoms with Gasteiger partial charge in [-0.15, -0.1) is 0 Å². The average molecular weight is 621 g/mol. The van der Waals surface area contributed by atoms with Crippen LogP contribution in [0.4, 0.5) is 0 Å². The molecule has 2 unspecified atom stereocenters. The zero-order valence-electron chi connectivity index (χ0n) is 29.3. The second-order valence-corrected chi connectivity index (χ2v) is 13.8. The van der Waals surface area contributed by atoms with Gasteiger partial charge in [0.2, 0.25) is 0 Å². The molecule has 0 radical (unpaired) electrons. The summed E-state index contributed by atoms with van der Waals surface area (Å²) >= 11 is 0. The standard InChI is InChI=1S/C9H18O3.C9H18O2.2C8H16O2/c1-6(2)12-8-5-11-4-7(3)9(8)10;1-8(2)11-7-9-5-3-4-6-10-9;1-7(2)10-6-8(3)4-9-5-8;1-7(2)10-6-8-4-3-5-9-8/h6-10H,4-5H2,1-3H3;8-9H,3-7H2,1-2H3;7H,4-6H2,1-3H3;7-8H,3-6H2,1-2H3/t7-,8-,9+;;;/m1.../s1. The highest BCUT2D eigenvalue weighted by molar-refractivity contribution is 4.80. The van der Waals surface area contributed by atoms with E-state index in [0.29, 0.717) is 49.1 Å². The van der Waals surface area contributed by atoms with E-state index < -0.39 is 0 Å². The molecular weight excluding hydrogens is 552 g/mol. The van der Waals surface area contributed by atoms with E-state index in [1.807, 2.05) is 20.8 Å². The third-order valence-electron chi connectivity index (χ3n) is 7.27. The molecule has 0 aromatic carbocycles. The Morgan fingerprint density at radius 3 is 1.65 bits per heavy atom. The fraction of sp³-hybridized carbons (Fsp3) is 1.00. The molecule has 4 heterocycles. The smallest absolute Gasteiger partial charge is 0.107 e. The molecule has 5 atom stereocenters. The van der Waals surface area contributed by atoms with E-state index >= 15 is 0 Å². The topological polar surface area (TPSA) is 94.1 Å². The number of aliphatic hydroxyl groups excluding tert-OH is 1. The van der Waals surface area contributed by atoms with Crippen molar-refractivity contribution in [3.63, 3.8) is 0 Å². The van der Waals surface area contributed by atoms with Crippen LogP contribution in [0.2, 0.25) is 0 Å². The van der Waals surface area contributed by atoms with Gasteiger partial charge >= 0.3 is 0 Å². The van der Waals surface area contributed by atoms with Crippen LogP contribution in [-0.2, 0) is 37.9 Å². The van der Waals surface area contributed by atoms with Crippen LogP contribution in [-0.4, -0.2) is 113 Å². The van der Waals surface area contributed by atoms with Gasteiger partial charge in [-0.05, 0) is 87.5 Å². The van der Waals surface area contributed by atoms with Gasteiger partial charge in [-0.1, -0.05) is 13.8 Å². The van der Waals surface area contributed by atoms with Crippen LogP contribution in [0.15, 0.2) is 0 Å². The van der Waals surface area contributed by atoms with E-state index in [2.05, 4.69) is 48.5 Å². The molecule has 0 aliphatic carbocycles. The van der Waals surface area contributed by atoms with Crippen molar-refractivity contribution in [1.29, 1.82) is 0 Å². The lowest BCUT2D eigenvalue weighted by Crippen LogP contribution is -2.45. The van der Waals surface area contributed by atoms with E-state index in [9.17, 15) is 5.11 Å². The SMILES string of the molecule is CC(C)OCC1(C)COC1.CC(C)OCC1CCCCO1.CC(C)OCC1CCCO1.CC(C)O[C@@H]1COC[C@@H](C)[C@@H]1O. The first-order valence-electron chi connectivity index (χ1n) is 16.9. The highest BCUT2D eigenvalue weighted by Gasteiger charge is 2.33. The molecule has 43 heavy (non-hydrogen) atoms. The van der Waals surface area contributed by atoms with Gasteiger partial charge in [0, 0.05) is 24.5 Å². The predicted molar refractivity (Wildman–Crippen MR) is 171 cm³/mol. The minimum absolute atomic E-state index is 0.145. The maximum absolute atomic E-state index is 9.68. The first kappa shape index (κ1) is 40.7. The Labute approximate surface area is 263 Å². The van der Waals surface area contributed by atoms with Crippen molar-refractivity contribution >= 4 is 0 Å². The normalized spacial score (nSPS) is 28.4. The molecule has 0 amide bonds. The zero-order valence-corrected chi connectivity index (χ0v) is 29.3. The van der Waals surface area contributed by atoms with Crippen LogP contribution in [0.1, 0.15) is 101 Å². The van der Waals surface area contributed by atoms with Crippen molar-refractivity contribution in [2.45, 2.75) is 150 Å². The number of ether oxygens (including phenoxy) is 8. The fourth-order valence-corrected chi connectivity index (χ4v) is 4.62. The van der Waals surface area contributed by atoms with Gasteiger partial charge in [0.05, 0.1) is 89.0 Å². The molecule has 0 aromatic heterocycles. The van der Waals surface area contributed by atoms with Crippen molar-refractivity contribution in [1.82, 2.24) is 0 Å². The van der Waals surface area contributed by atoms with Crippen LogP contribution < -0.4 is 0 Å². The zero-order chi connectivity index (χ0) is 32.3. The summed E-state index contributed by atoms with van der Waals surface area (Å²) in [5, 5.41) is 9.68. The van der Waals surface area contributed by atoms with Crippen LogP contribution in [0.25, 0.3) is 0 Å². The molecule has 1 N–H and O–H groups in total. The van der Waals surface area contributed by atoms with E-state index in [0.717, 1.165) is 46.2 Å². The van der Waals surface area contributed by atoms with E-state index in [-0.39, 0.29) is 24.2 Å². The maximum atomic E-state index is 9.68. The number of rotatable bonds is 11. The Hall–Kier alpha value is -0.360. The van der Waals surface area contributed by atoms with Gasteiger partial charge in [-0.2, -0.15) is 0 Å². The van der Waals surface area contributed by atoms with E-state index in [4.69, 9.17) is 37.9 Å². The molecule has 4 aliphatic rings. The number of hydrogen-bond acceptors (Lipinski definition) is 9. The van der Waals surface area contributed by atoms with Gasteiger partial charge in [0.1, 0.15) is 6.10 Å². The Bertz CT molecular complexity index is 642. The van der Waals surface area contributed by atoms with E-state index in [1.165, 1.54) is 32.1 Å². The Morgan fingerprint density at radius 2 is 1.23 bits per heavy atom. The average Bonchev–Trinajstić information content (AvgIpc) is 3.46. The quantitative estimate of drug-likeness (QED) is 0.306. The minimum Gasteiger partial charge on any atom is -0.390 e. The lowest BCUT2D eigenvalue weighted by Gasteiger charge is -2.38. The van der Waals surface area contributed by atoms with Crippen molar-refractivity contribution < 1.29 is 43.0 Å². The Kier molecular flexibility index (Phi) is 21.8. The molecule has 4 aliphatic heterocycles. The highest BCUT2D eigenvalue weighted by Crippen LogP contribution is 2.26. The predicted octanol–water partition coefficient (Wildman–Crippen LogP) is 5.83. The van der Waals surface area contributed by atoms with Gasteiger partial charge in [-0.25, -0.2) is 0 Å². The van der Waals surface area contributed by atoms with Gasteiger partial charge in [0.25, 0.3) is 0 Å². The molecular formula is C34H68O9. The second kappa shape index (κ2) is 23.0. The summed E-state index contributed by atoms with van der Waals surface area (Å²) in [6.07, 6.45) is 7.46. The molecule has 0 saturated carbocycles. The summed E-state index contributed by atoms with van der Waals surface area (Å²) in [6.45, 7) is 27.5. The second-order valence-electron chi connectivity index (χ2n) is 13.8. The molecule has 4 fully saturated rings. The monoisotopic (exact) mass is 620 g/mol. The van der Waals surface area contributed by atoms with Crippen LogP contribution in [0.3, 0.4) is 0 Å². The van der Waals surface area contributed by atoms with Gasteiger partial charge in [0.15, 0.2) is 0 Å². The van der Waals surface area contributed by atoms with Crippen molar-refractivity contribution in [3.8, 4) is 0 Å². The maximum Gasteiger partial charge on any atom is 0.107 e. The molecule has 9 nitrogen and oxygen atoms in total. The summed E-state index contributed by atoms with van der Waals surface area (Å²) in [7, 11) is 0. The molecule has 0 aromatic rings. The Balaban J connectivity index is 0.000000287. The van der Waals surface area contributed by atoms with Gasteiger partial charge in [-0.3, -0.25) is 0 Å². The summed E-state index contributed by atoms with van der Waals surface area (Å²) in [4.78, 5) is 0. The number of hydrogen-bond donors (Lipinski definition) is 1. The number of aliphatic hydroxyl groups is 1. The Morgan fingerprint density at radius 1 is 0.698 bits per heavy atom. The first-order chi connectivity index (χ1) is 20.3. The molecule has 4 rings (SSSR count). The van der Waals surface area contributed by atoms with Crippen LogP contribution >= 0.6 is 0 Å².